The SMILES string of the molecule is CCOc1ccc(Nc2cncc(C(=O)Nc3ccc(C(C)(C)C)cc3)c2)cc1. The molecule has 29 heavy (non-hydrogen) atoms. The van der Waals surface area contributed by atoms with Gasteiger partial charge in [-0.15, -0.1) is 0 Å². The molecule has 3 aromatic rings. The second kappa shape index (κ2) is 8.78. The van der Waals surface area contributed by atoms with E-state index in [9.17, 15) is 4.79 Å². The van der Waals surface area contributed by atoms with Crippen LogP contribution in [0.2, 0.25) is 0 Å². The van der Waals surface area contributed by atoms with Crippen molar-refractivity contribution in [1.82, 2.24) is 4.98 Å². The largest absolute Gasteiger partial charge is 0.494 e. The second-order valence-electron chi connectivity index (χ2n) is 7.83. The number of nitrogens with zero attached hydrogens (tertiary/aromatic N) is 1. The van der Waals surface area contributed by atoms with Crippen LogP contribution < -0.4 is 15.4 Å². The van der Waals surface area contributed by atoms with Crippen molar-refractivity contribution in [3.8, 4) is 5.75 Å². The molecule has 0 unspecified atom stereocenters. The smallest absolute Gasteiger partial charge is 0.257 e. The fourth-order valence-corrected chi connectivity index (χ4v) is 2.86. The lowest BCUT2D eigenvalue weighted by Gasteiger charge is -2.19. The molecular formula is C24H27N3O2. The van der Waals surface area contributed by atoms with Crippen LogP contribution in [0.1, 0.15) is 43.6 Å². The maximum absolute atomic E-state index is 12.6. The van der Waals surface area contributed by atoms with Crippen molar-refractivity contribution in [2.24, 2.45) is 0 Å². The lowest BCUT2D eigenvalue weighted by atomic mass is 9.87. The number of rotatable bonds is 6. The van der Waals surface area contributed by atoms with E-state index in [0.717, 1.165) is 22.8 Å². The summed E-state index contributed by atoms with van der Waals surface area (Å²) < 4.78 is 5.45. The van der Waals surface area contributed by atoms with Crippen molar-refractivity contribution >= 4 is 23.0 Å². The fourth-order valence-electron chi connectivity index (χ4n) is 2.86. The van der Waals surface area contributed by atoms with Crippen LogP contribution in [0.5, 0.6) is 5.75 Å². The molecule has 1 heterocycles. The average molecular weight is 389 g/mol. The van der Waals surface area contributed by atoms with E-state index in [4.69, 9.17) is 4.74 Å². The van der Waals surface area contributed by atoms with Crippen molar-refractivity contribution in [2.45, 2.75) is 33.1 Å². The minimum atomic E-state index is -0.198. The van der Waals surface area contributed by atoms with E-state index in [1.54, 1.807) is 18.5 Å². The number of hydrogen-bond acceptors (Lipinski definition) is 4. The second-order valence-corrected chi connectivity index (χ2v) is 7.83. The van der Waals surface area contributed by atoms with E-state index >= 15 is 0 Å². The molecule has 0 spiro atoms. The summed E-state index contributed by atoms with van der Waals surface area (Å²) in [7, 11) is 0. The molecule has 2 N–H and O–H groups in total. The van der Waals surface area contributed by atoms with E-state index < -0.39 is 0 Å². The highest BCUT2D eigenvalue weighted by Gasteiger charge is 2.14. The summed E-state index contributed by atoms with van der Waals surface area (Å²) >= 11 is 0. The number of aromatic nitrogens is 1. The van der Waals surface area contributed by atoms with Crippen molar-refractivity contribution < 1.29 is 9.53 Å². The van der Waals surface area contributed by atoms with Gasteiger partial charge in [-0.3, -0.25) is 9.78 Å². The number of anilines is 3. The van der Waals surface area contributed by atoms with Gasteiger partial charge in [-0.25, -0.2) is 0 Å². The summed E-state index contributed by atoms with van der Waals surface area (Å²) in [6.45, 7) is 9.07. The molecule has 0 aliphatic carbocycles. The molecule has 2 aromatic carbocycles. The lowest BCUT2D eigenvalue weighted by Crippen LogP contribution is -2.14. The molecule has 0 radical (unpaired) electrons. The van der Waals surface area contributed by atoms with Crippen LogP contribution in [-0.4, -0.2) is 17.5 Å². The van der Waals surface area contributed by atoms with Gasteiger partial charge in [-0.2, -0.15) is 0 Å². The van der Waals surface area contributed by atoms with Gasteiger partial charge in [-0.1, -0.05) is 32.9 Å². The first-order valence-corrected chi connectivity index (χ1v) is 9.72. The highest BCUT2D eigenvalue weighted by atomic mass is 16.5. The Bertz CT molecular complexity index is 959. The van der Waals surface area contributed by atoms with Gasteiger partial charge >= 0.3 is 0 Å². The van der Waals surface area contributed by atoms with Crippen LogP contribution in [0.25, 0.3) is 0 Å². The minimum absolute atomic E-state index is 0.0767. The first-order valence-electron chi connectivity index (χ1n) is 9.72. The molecule has 150 valence electrons. The van der Waals surface area contributed by atoms with E-state index in [-0.39, 0.29) is 11.3 Å². The third-order valence-corrected chi connectivity index (χ3v) is 4.46. The molecule has 1 amide bonds. The quantitative estimate of drug-likeness (QED) is 0.561. The van der Waals surface area contributed by atoms with Crippen LogP contribution >= 0.6 is 0 Å². The lowest BCUT2D eigenvalue weighted by molar-refractivity contribution is 0.102. The third-order valence-electron chi connectivity index (χ3n) is 4.46. The van der Waals surface area contributed by atoms with Gasteiger partial charge in [0.2, 0.25) is 0 Å². The minimum Gasteiger partial charge on any atom is -0.494 e. The maximum Gasteiger partial charge on any atom is 0.257 e. The van der Waals surface area contributed by atoms with Crippen LogP contribution in [0.4, 0.5) is 17.1 Å². The normalized spacial score (nSPS) is 11.0. The molecule has 0 saturated heterocycles. The molecule has 0 atom stereocenters. The Labute approximate surface area is 172 Å². The van der Waals surface area contributed by atoms with Crippen molar-refractivity contribution in [3.05, 3.63) is 78.1 Å². The number of carbonyl (C=O) groups is 1. The molecule has 0 saturated carbocycles. The van der Waals surface area contributed by atoms with Crippen molar-refractivity contribution in [2.75, 3.05) is 17.2 Å². The van der Waals surface area contributed by atoms with Gasteiger partial charge in [0.1, 0.15) is 5.75 Å². The molecule has 0 fully saturated rings. The van der Waals surface area contributed by atoms with Gasteiger partial charge in [0.15, 0.2) is 0 Å². The standard InChI is InChI=1S/C24H27N3O2/c1-5-29-22-12-10-19(11-13-22)26-21-14-17(15-25-16-21)23(28)27-20-8-6-18(7-9-20)24(2,3)4/h6-16,26H,5H2,1-4H3,(H,27,28). The summed E-state index contributed by atoms with van der Waals surface area (Å²) in [5.41, 5.74) is 4.18. The Morgan fingerprint density at radius 1 is 0.931 bits per heavy atom. The molecule has 3 rings (SSSR count). The van der Waals surface area contributed by atoms with Crippen molar-refractivity contribution in [3.63, 3.8) is 0 Å². The number of pyridine rings is 1. The topological polar surface area (TPSA) is 63.2 Å². The summed E-state index contributed by atoms with van der Waals surface area (Å²) in [5, 5.41) is 6.18. The summed E-state index contributed by atoms with van der Waals surface area (Å²) in [4.78, 5) is 16.8. The first kappa shape index (κ1) is 20.4. The zero-order valence-electron chi connectivity index (χ0n) is 17.3. The summed E-state index contributed by atoms with van der Waals surface area (Å²) in [6.07, 6.45) is 3.24. The van der Waals surface area contributed by atoms with Gasteiger partial charge in [-0.05, 0) is 60.4 Å². The number of amides is 1. The number of benzene rings is 2. The van der Waals surface area contributed by atoms with E-state index in [1.807, 2.05) is 55.5 Å². The predicted octanol–water partition coefficient (Wildman–Crippen LogP) is 5.77. The van der Waals surface area contributed by atoms with Gasteiger partial charge in [0.05, 0.1) is 24.1 Å². The Hall–Kier alpha value is -3.34. The van der Waals surface area contributed by atoms with Crippen molar-refractivity contribution in [1.29, 1.82) is 0 Å². The molecule has 5 nitrogen and oxygen atoms in total. The summed E-state index contributed by atoms with van der Waals surface area (Å²) in [5.74, 6) is 0.623. The molecule has 0 aliphatic rings. The Morgan fingerprint density at radius 3 is 2.21 bits per heavy atom. The first-order chi connectivity index (χ1) is 13.8. The van der Waals surface area contributed by atoms with E-state index in [2.05, 4.69) is 36.4 Å². The number of hydrogen-bond donors (Lipinski definition) is 2. The van der Waals surface area contributed by atoms with Crippen LogP contribution in [-0.2, 0) is 5.41 Å². The van der Waals surface area contributed by atoms with Crippen LogP contribution in [0.3, 0.4) is 0 Å². The highest BCUT2D eigenvalue weighted by molar-refractivity contribution is 6.04. The molecule has 5 heteroatoms. The molecule has 0 bridgehead atoms. The Balaban J connectivity index is 1.67. The Morgan fingerprint density at radius 2 is 1.59 bits per heavy atom. The Kier molecular flexibility index (Phi) is 6.17. The zero-order valence-corrected chi connectivity index (χ0v) is 17.3. The number of carbonyl (C=O) groups excluding carboxylic acids is 1. The maximum atomic E-state index is 12.6. The predicted molar refractivity (Wildman–Crippen MR) is 118 cm³/mol. The van der Waals surface area contributed by atoms with Gasteiger partial charge < -0.3 is 15.4 Å². The summed E-state index contributed by atoms with van der Waals surface area (Å²) in [6, 6.07) is 17.4. The molecule has 0 aliphatic heterocycles. The van der Waals surface area contributed by atoms with Gasteiger partial charge in [0.25, 0.3) is 5.91 Å². The highest BCUT2D eigenvalue weighted by Crippen LogP contribution is 2.24. The third kappa shape index (κ3) is 5.57. The molecular weight excluding hydrogens is 362 g/mol. The molecule has 1 aromatic heterocycles. The van der Waals surface area contributed by atoms with E-state index in [1.165, 1.54) is 5.56 Å². The van der Waals surface area contributed by atoms with Gasteiger partial charge in [0, 0.05) is 17.6 Å². The average Bonchev–Trinajstić information content (AvgIpc) is 2.70. The van der Waals surface area contributed by atoms with Crippen LogP contribution in [0.15, 0.2) is 67.0 Å². The fraction of sp³-hybridized carbons (Fsp3) is 0.250. The monoisotopic (exact) mass is 389 g/mol. The van der Waals surface area contributed by atoms with E-state index in [0.29, 0.717) is 12.2 Å². The number of nitrogens with one attached hydrogen (secondary N) is 2. The number of ether oxygens (including phenoxy) is 1. The zero-order chi connectivity index (χ0) is 20.9. The van der Waals surface area contributed by atoms with Crippen LogP contribution in [0, 0.1) is 0 Å².